The molecule has 1 fully saturated rings. The van der Waals surface area contributed by atoms with E-state index >= 15 is 0 Å². The Morgan fingerprint density at radius 3 is 2.40 bits per heavy atom. The van der Waals surface area contributed by atoms with E-state index in [0.717, 1.165) is 38.8 Å². The minimum Gasteiger partial charge on any atom is -0.383 e. The van der Waals surface area contributed by atoms with Gasteiger partial charge in [0.15, 0.2) is 0 Å². The first-order valence-corrected chi connectivity index (χ1v) is 7.99. The van der Waals surface area contributed by atoms with Crippen LogP contribution < -0.4 is 5.73 Å². The summed E-state index contributed by atoms with van der Waals surface area (Å²) in [5.74, 6) is 0.860. The van der Waals surface area contributed by atoms with Crippen molar-refractivity contribution in [1.82, 2.24) is 4.90 Å². The second-order valence-corrected chi connectivity index (χ2v) is 6.65. The SMILES string of the molecule is COCCN(CC1(CN)CCC(C)CC1)C(C)COC. The Balaban J connectivity index is 2.64. The number of methoxy groups -OCH3 is 2. The molecule has 1 unspecified atom stereocenters. The van der Waals surface area contributed by atoms with Crippen molar-refractivity contribution in [3.05, 3.63) is 0 Å². The van der Waals surface area contributed by atoms with Crippen molar-refractivity contribution in [3.8, 4) is 0 Å². The van der Waals surface area contributed by atoms with Gasteiger partial charge in [0.1, 0.15) is 0 Å². The summed E-state index contributed by atoms with van der Waals surface area (Å²) >= 11 is 0. The van der Waals surface area contributed by atoms with Crippen molar-refractivity contribution in [2.24, 2.45) is 17.1 Å². The number of hydrogen-bond donors (Lipinski definition) is 1. The predicted octanol–water partition coefficient (Wildman–Crippen LogP) is 2.12. The zero-order chi connectivity index (χ0) is 15.0. The van der Waals surface area contributed by atoms with Gasteiger partial charge in [-0.25, -0.2) is 0 Å². The summed E-state index contributed by atoms with van der Waals surface area (Å²) in [7, 11) is 3.53. The molecule has 1 saturated carbocycles. The van der Waals surface area contributed by atoms with Gasteiger partial charge >= 0.3 is 0 Å². The average molecular weight is 286 g/mol. The molecule has 0 radical (unpaired) electrons. The molecule has 1 aliphatic carbocycles. The smallest absolute Gasteiger partial charge is 0.0615 e. The molecule has 0 aliphatic heterocycles. The minimum atomic E-state index is 0.294. The van der Waals surface area contributed by atoms with E-state index in [4.69, 9.17) is 15.2 Å². The van der Waals surface area contributed by atoms with Crippen molar-refractivity contribution in [2.45, 2.75) is 45.6 Å². The Labute approximate surface area is 125 Å². The average Bonchev–Trinajstić information content (AvgIpc) is 2.46. The van der Waals surface area contributed by atoms with E-state index in [1.165, 1.54) is 25.7 Å². The lowest BCUT2D eigenvalue weighted by Gasteiger charge is -2.43. The zero-order valence-electron chi connectivity index (χ0n) is 13.9. The molecule has 0 aromatic carbocycles. The van der Waals surface area contributed by atoms with Gasteiger partial charge in [-0.2, -0.15) is 0 Å². The van der Waals surface area contributed by atoms with Gasteiger partial charge in [0, 0.05) is 33.4 Å². The van der Waals surface area contributed by atoms with Crippen LogP contribution in [0.1, 0.15) is 39.5 Å². The Kier molecular flexibility index (Phi) is 8.03. The van der Waals surface area contributed by atoms with E-state index in [9.17, 15) is 0 Å². The van der Waals surface area contributed by atoms with Crippen LogP contribution in [0.3, 0.4) is 0 Å². The molecular formula is C16H34N2O2. The largest absolute Gasteiger partial charge is 0.383 e. The van der Waals surface area contributed by atoms with Gasteiger partial charge in [0.2, 0.25) is 0 Å². The molecule has 0 saturated heterocycles. The number of ether oxygens (including phenoxy) is 2. The van der Waals surface area contributed by atoms with Gasteiger partial charge in [-0.05, 0) is 37.6 Å². The predicted molar refractivity (Wildman–Crippen MR) is 83.9 cm³/mol. The molecule has 2 N–H and O–H groups in total. The van der Waals surface area contributed by atoms with Gasteiger partial charge < -0.3 is 15.2 Å². The molecule has 1 rings (SSSR count). The van der Waals surface area contributed by atoms with Gasteiger partial charge in [-0.1, -0.05) is 19.8 Å². The fourth-order valence-corrected chi connectivity index (χ4v) is 3.24. The van der Waals surface area contributed by atoms with Crippen LogP contribution in [0.2, 0.25) is 0 Å². The summed E-state index contributed by atoms with van der Waals surface area (Å²) in [6, 6.07) is 0.415. The highest BCUT2D eigenvalue weighted by Gasteiger charge is 2.35. The van der Waals surface area contributed by atoms with Crippen molar-refractivity contribution < 1.29 is 9.47 Å². The number of hydrogen-bond acceptors (Lipinski definition) is 4. The lowest BCUT2D eigenvalue weighted by atomic mass is 9.70. The Morgan fingerprint density at radius 1 is 1.25 bits per heavy atom. The van der Waals surface area contributed by atoms with Gasteiger partial charge in [0.25, 0.3) is 0 Å². The molecule has 120 valence electrons. The van der Waals surface area contributed by atoms with E-state index < -0.39 is 0 Å². The normalized spacial score (nSPS) is 28.8. The summed E-state index contributed by atoms with van der Waals surface area (Å²) < 4.78 is 10.6. The standard InChI is InChI=1S/C16H34N2O2/c1-14-5-7-16(12-17,8-6-14)13-18(9-10-19-3)15(2)11-20-4/h14-15H,5-13,17H2,1-4H3. The third-order valence-corrected chi connectivity index (χ3v) is 4.92. The molecule has 0 heterocycles. The molecule has 0 aromatic rings. The van der Waals surface area contributed by atoms with Crippen LogP contribution >= 0.6 is 0 Å². The summed E-state index contributed by atoms with van der Waals surface area (Å²) in [5.41, 5.74) is 6.44. The van der Waals surface area contributed by atoms with Gasteiger partial charge in [0.05, 0.1) is 13.2 Å². The second kappa shape index (κ2) is 8.98. The monoisotopic (exact) mass is 286 g/mol. The number of nitrogens with two attached hydrogens (primary N) is 1. The first-order chi connectivity index (χ1) is 9.56. The second-order valence-electron chi connectivity index (χ2n) is 6.65. The van der Waals surface area contributed by atoms with Crippen LogP contribution in [0.15, 0.2) is 0 Å². The maximum atomic E-state index is 6.15. The molecule has 0 aromatic heterocycles. The summed E-state index contributed by atoms with van der Waals surface area (Å²) in [4.78, 5) is 2.50. The molecular weight excluding hydrogens is 252 g/mol. The van der Waals surface area contributed by atoms with Crippen molar-refractivity contribution >= 4 is 0 Å². The summed E-state index contributed by atoms with van der Waals surface area (Å²) in [6.07, 6.45) is 5.14. The van der Waals surface area contributed by atoms with E-state index in [-0.39, 0.29) is 0 Å². The van der Waals surface area contributed by atoms with Crippen molar-refractivity contribution in [3.63, 3.8) is 0 Å². The first-order valence-electron chi connectivity index (χ1n) is 7.99. The number of rotatable bonds is 9. The highest BCUT2D eigenvalue weighted by Crippen LogP contribution is 2.39. The number of nitrogens with zero attached hydrogens (tertiary/aromatic N) is 1. The summed E-state index contributed by atoms with van der Waals surface area (Å²) in [5, 5.41) is 0. The Morgan fingerprint density at radius 2 is 1.90 bits per heavy atom. The molecule has 20 heavy (non-hydrogen) atoms. The maximum absolute atomic E-state index is 6.15. The van der Waals surface area contributed by atoms with Crippen LogP contribution in [0.25, 0.3) is 0 Å². The molecule has 0 spiro atoms. The molecule has 0 amide bonds. The Bertz CT molecular complexity index is 253. The van der Waals surface area contributed by atoms with Gasteiger partial charge in [-0.15, -0.1) is 0 Å². The fourth-order valence-electron chi connectivity index (χ4n) is 3.24. The Hall–Kier alpha value is -0.160. The van der Waals surface area contributed by atoms with Gasteiger partial charge in [-0.3, -0.25) is 4.90 Å². The van der Waals surface area contributed by atoms with Crippen molar-refractivity contribution in [1.29, 1.82) is 0 Å². The zero-order valence-corrected chi connectivity index (χ0v) is 13.9. The lowest BCUT2D eigenvalue weighted by molar-refractivity contribution is 0.0275. The van der Waals surface area contributed by atoms with Crippen LogP contribution in [-0.4, -0.2) is 58.0 Å². The molecule has 4 nitrogen and oxygen atoms in total. The third-order valence-electron chi connectivity index (χ3n) is 4.92. The fraction of sp³-hybridized carbons (Fsp3) is 1.00. The quantitative estimate of drug-likeness (QED) is 0.705. The molecule has 1 atom stereocenters. The highest BCUT2D eigenvalue weighted by molar-refractivity contribution is 4.89. The van der Waals surface area contributed by atoms with E-state index in [2.05, 4.69) is 18.7 Å². The van der Waals surface area contributed by atoms with Crippen LogP contribution in [-0.2, 0) is 9.47 Å². The lowest BCUT2D eigenvalue weighted by Crippen LogP contribution is -2.49. The third kappa shape index (κ3) is 5.32. The van der Waals surface area contributed by atoms with Crippen LogP contribution in [0.4, 0.5) is 0 Å². The maximum Gasteiger partial charge on any atom is 0.0615 e. The van der Waals surface area contributed by atoms with E-state index in [1.807, 2.05) is 0 Å². The molecule has 4 heteroatoms. The van der Waals surface area contributed by atoms with E-state index in [1.54, 1.807) is 14.2 Å². The van der Waals surface area contributed by atoms with E-state index in [0.29, 0.717) is 11.5 Å². The topological polar surface area (TPSA) is 47.7 Å². The van der Waals surface area contributed by atoms with Crippen LogP contribution in [0.5, 0.6) is 0 Å². The highest BCUT2D eigenvalue weighted by atomic mass is 16.5. The summed E-state index contributed by atoms with van der Waals surface area (Å²) in [6.45, 7) is 8.95. The van der Waals surface area contributed by atoms with Crippen LogP contribution in [0, 0.1) is 11.3 Å². The first kappa shape index (κ1) is 17.9. The molecule has 1 aliphatic rings. The van der Waals surface area contributed by atoms with Crippen molar-refractivity contribution in [2.75, 3.05) is 47.1 Å². The molecule has 0 bridgehead atoms. The minimum absolute atomic E-state index is 0.294.